The molecule has 202 valence electrons. The Morgan fingerprint density at radius 2 is 1.73 bits per heavy atom. The third-order valence-electron chi connectivity index (χ3n) is 7.10. The Labute approximate surface area is 216 Å². The second-order valence-corrected chi connectivity index (χ2v) is 9.70. The number of nitrogens with one attached hydrogen (secondary N) is 1. The molecule has 11 heteroatoms. The van der Waals surface area contributed by atoms with E-state index >= 15 is 0 Å². The van der Waals surface area contributed by atoms with E-state index in [1.54, 1.807) is 17.0 Å². The lowest BCUT2D eigenvalue weighted by atomic mass is 9.93. The Morgan fingerprint density at radius 1 is 1.03 bits per heavy atom. The molecule has 0 unspecified atom stereocenters. The van der Waals surface area contributed by atoms with Gasteiger partial charge in [-0.3, -0.25) is 19.9 Å². The summed E-state index contributed by atoms with van der Waals surface area (Å²) in [5.41, 5.74) is 3.53. The van der Waals surface area contributed by atoms with Crippen molar-refractivity contribution in [3.05, 3.63) is 69.3 Å². The van der Waals surface area contributed by atoms with E-state index < -0.39 is 24.4 Å². The van der Waals surface area contributed by atoms with Gasteiger partial charge in [0.2, 0.25) is 0 Å². The number of benzene rings is 2. The topological polar surface area (TPSA) is 152 Å². The second kappa shape index (κ2) is 12.7. The van der Waals surface area contributed by atoms with Gasteiger partial charge < -0.3 is 25.7 Å². The molecule has 0 spiro atoms. The highest BCUT2D eigenvalue weighted by Crippen LogP contribution is 2.27. The van der Waals surface area contributed by atoms with Gasteiger partial charge >= 0.3 is 0 Å². The lowest BCUT2D eigenvalue weighted by Gasteiger charge is -2.43. The molecule has 37 heavy (non-hydrogen) atoms. The van der Waals surface area contributed by atoms with Crippen molar-refractivity contribution >= 4 is 11.4 Å². The van der Waals surface area contributed by atoms with Gasteiger partial charge in [-0.2, -0.15) is 5.06 Å². The average molecular weight is 517 g/mol. The second-order valence-electron chi connectivity index (χ2n) is 9.70. The first-order valence-corrected chi connectivity index (χ1v) is 12.7. The third kappa shape index (κ3) is 7.02. The molecule has 11 nitrogen and oxygen atoms in total. The van der Waals surface area contributed by atoms with E-state index in [0.717, 1.165) is 29.7 Å². The van der Waals surface area contributed by atoms with Crippen molar-refractivity contribution in [3.63, 3.8) is 0 Å². The van der Waals surface area contributed by atoms with Crippen LogP contribution in [0.15, 0.2) is 42.5 Å². The monoisotopic (exact) mass is 516 g/mol. The molecule has 2 aromatic rings. The molecular formula is C26H36N4O7. The van der Waals surface area contributed by atoms with E-state index in [-0.39, 0.29) is 23.8 Å². The van der Waals surface area contributed by atoms with Crippen molar-refractivity contribution in [2.24, 2.45) is 0 Å². The molecule has 2 aromatic carbocycles. The Kier molecular flexibility index (Phi) is 9.43. The zero-order valence-electron chi connectivity index (χ0n) is 20.8. The van der Waals surface area contributed by atoms with Crippen molar-refractivity contribution in [1.29, 1.82) is 0 Å². The Hall–Kier alpha value is -2.64. The number of hydrogen-bond acceptors (Lipinski definition) is 10. The van der Waals surface area contributed by atoms with Gasteiger partial charge in [0.1, 0.15) is 17.9 Å². The van der Waals surface area contributed by atoms with Gasteiger partial charge in [0.25, 0.3) is 5.69 Å². The maximum absolute atomic E-state index is 11.6. The van der Waals surface area contributed by atoms with Crippen LogP contribution in [0.25, 0.3) is 0 Å². The number of anilines is 1. The standard InChI is InChI=1S/C26H36N4O7/c31-17-23-25(33)26(34)24(32)16-28(23)12-9-19-4-2-18(3-5-19)8-10-27-21-7-6-20(14-22(21)30(35)36)15-29-11-1-13-37-29/h2-7,14,23-27,31-34H,1,8-13,15-17H2/t23-,24+,25-,26-/m1/s1. The lowest BCUT2D eigenvalue weighted by Crippen LogP contribution is -2.62. The van der Waals surface area contributed by atoms with Crippen LogP contribution in [0, 0.1) is 10.1 Å². The number of hydrogen-bond donors (Lipinski definition) is 5. The number of nitro groups is 1. The fraction of sp³-hybridized carbons (Fsp3) is 0.538. The Bertz CT molecular complexity index is 1030. The number of aliphatic hydroxyl groups is 4. The van der Waals surface area contributed by atoms with Crippen LogP contribution in [0.4, 0.5) is 11.4 Å². The van der Waals surface area contributed by atoms with E-state index in [9.17, 15) is 30.5 Å². The molecule has 4 atom stereocenters. The maximum Gasteiger partial charge on any atom is 0.292 e. The number of hydroxylamine groups is 2. The summed E-state index contributed by atoms with van der Waals surface area (Å²) < 4.78 is 0. The molecule has 0 aromatic heterocycles. The minimum absolute atomic E-state index is 0.0497. The summed E-state index contributed by atoms with van der Waals surface area (Å²) in [5, 5.41) is 56.2. The average Bonchev–Trinajstić information content (AvgIpc) is 3.40. The molecule has 0 bridgehead atoms. The molecule has 2 saturated heterocycles. The van der Waals surface area contributed by atoms with E-state index in [1.807, 2.05) is 35.4 Å². The molecule has 2 heterocycles. The van der Waals surface area contributed by atoms with Crippen molar-refractivity contribution in [1.82, 2.24) is 9.96 Å². The van der Waals surface area contributed by atoms with E-state index in [4.69, 9.17) is 4.84 Å². The molecule has 2 aliphatic rings. The molecule has 0 radical (unpaired) electrons. The summed E-state index contributed by atoms with van der Waals surface area (Å²) in [7, 11) is 0. The number of likely N-dealkylation sites (tertiary alicyclic amines) is 1. The molecular weight excluding hydrogens is 480 g/mol. The van der Waals surface area contributed by atoms with Crippen LogP contribution in [0.3, 0.4) is 0 Å². The van der Waals surface area contributed by atoms with E-state index in [2.05, 4.69) is 5.32 Å². The summed E-state index contributed by atoms with van der Waals surface area (Å²) in [5.74, 6) is 0. The predicted octanol–water partition coefficient (Wildman–Crippen LogP) is 0.688. The molecule has 0 amide bonds. The van der Waals surface area contributed by atoms with Crippen LogP contribution in [0.5, 0.6) is 0 Å². The summed E-state index contributed by atoms with van der Waals surface area (Å²) in [6.45, 7) is 2.98. The number of β-amino-alcohol motifs (C(OH)–C–C–N with tert-alkyl or cyclic N) is 1. The normalized spacial score (nSPS) is 24.9. The summed E-state index contributed by atoms with van der Waals surface area (Å²) in [4.78, 5) is 18.5. The van der Waals surface area contributed by atoms with Gasteiger partial charge in [0.05, 0.1) is 30.3 Å². The highest BCUT2D eigenvalue weighted by atomic mass is 16.7. The fourth-order valence-electron chi connectivity index (χ4n) is 4.93. The lowest BCUT2D eigenvalue weighted by molar-refractivity contribution is -0.384. The number of aliphatic hydroxyl groups excluding tert-OH is 4. The molecule has 0 saturated carbocycles. The first kappa shape index (κ1) is 27.4. The third-order valence-corrected chi connectivity index (χ3v) is 7.10. The van der Waals surface area contributed by atoms with Crippen molar-refractivity contribution < 1.29 is 30.2 Å². The van der Waals surface area contributed by atoms with Gasteiger partial charge in [-0.05, 0) is 42.0 Å². The smallest absolute Gasteiger partial charge is 0.292 e. The summed E-state index contributed by atoms with van der Waals surface area (Å²) in [6.07, 6.45) is -1.20. The summed E-state index contributed by atoms with van der Waals surface area (Å²) >= 11 is 0. The highest BCUT2D eigenvalue weighted by molar-refractivity contribution is 5.62. The highest BCUT2D eigenvalue weighted by Gasteiger charge is 2.40. The first-order chi connectivity index (χ1) is 17.9. The Balaban J connectivity index is 1.27. The minimum Gasteiger partial charge on any atom is -0.395 e. The predicted molar refractivity (Wildman–Crippen MR) is 137 cm³/mol. The Morgan fingerprint density at radius 3 is 2.38 bits per heavy atom. The van der Waals surface area contributed by atoms with E-state index in [1.165, 1.54) is 0 Å². The number of nitro benzene ring substituents is 1. The van der Waals surface area contributed by atoms with Crippen LogP contribution in [0.1, 0.15) is 23.1 Å². The van der Waals surface area contributed by atoms with Crippen molar-refractivity contribution in [2.75, 3.05) is 44.7 Å². The maximum atomic E-state index is 11.6. The largest absolute Gasteiger partial charge is 0.395 e. The van der Waals surface area contributed by atoms with Crippen LogP contribution < -0.4 is 5.32 Å². The SMILES string of the molecule is O=[N+]([O-])c1cc(CN2CCCO2)ccc1NCCc1ccc(CCN2C[C@H](O)[C@@H](O)[C@H](O)[C@H]2CO)cc1. The van der Waals surface area contributed by atoms with Gasteiger partial charge in [0.15, 0.2) is 0 Å². The number of nitrogens with zero attached hydrogens (tertiary/aromatic N) is 3. The van der Waals surface area contributed by atoms with Gasteiger partial charge in [-0.1, -0.05) is 30.3 Å². The van der Waals surface area contributed by atoms with Gasteiger partial charge in [-0.25, -0.2) is 0 Å². The zero-order chi connectivity index (χ0) is 26.4. The van der Waals surface area contributed by atoms with Crippen LogP contribution >= 0.6 is 0 Å². The fourth-order valence-corrected chi connectivity index (χ4v) is 4.93. The van der Waals surface area contributed by atoms with Crippen LogP contribution in [-0.4, -0.2) is 99.1 Å². The van der Waals surface area contributed by atoms with Crippen LogP contribution in [0.2, 0.25) is 0 Å². The first-order valence-electron chi connectivity index (χ1n) is 12.7. The van der Waals surface area contributed by atoms with Gasteiger partial charge in [0, 0.05) is 38.8 Å². The number of piperidine rings is 1. The van der Waals surface area contributed by atoms with Crippen LogP contribution in [-0.2, 0) is 24.2 Å². The number of rotatable bonds is 11. The molecule has 4 rings (SSSR count). The van der Waals surface area contributed by atoms with Crippen molar-refractivity contribution in [2.45, 2.75) is 50.2 Å². The zero-order valence-corrected chi connectivity index (χ0v) is 20.8. The molecule has 0 aliphatic carbocycles. The summed E-state index contributed by atoms with van der Waals surface area (Å²) in [6, 6.07) is 12.7. The van der Waals surface area contributed by atoms with Crippen molar-refractivity contribution in [3.8, 4) is 0 Å². The quantitative estimate of drug-likeness (QED) is 0.213. The minimum atomic E-state index is -1.26. The molecule has 5 N–H and O–H groups in total. The molecule has 2 aliphatic heterocycles. The van der Waals surface area contributed by atoms with E-state index in [0.29, 0.717) is 44.8 Å². The van der Waals surface area contributed by atoms with Gasteiger partial charge in [-0.15, -0.1) is 0 Å². The molecule has 2 fully saturated rings.